The van der Waals surface area contributed by atoms with Crippen LogP contribution in [0, 0.1) is 29.0 Å². The average Bonchev–Trinajstić information content (AvgIpc) is 3.57. The molecule has 10 heteroatoms. The second kappa shape index (κ2) is 10.6. The number of aromatic amines is 1. The number of rotatable bonds is 6. The highest BCUT2D eigenvalue weighted by Crippen LogP contribution is 2.34. The van der Waals surface area contributed by atoms with Gasteiger partial charge in [0.15, 0.2) is 0 Å². The van der Waals surface area contributed by atoms with Crippen LogP contribution in [0.1, 0.15) is 46.4 Å². The van der Waals surface area contributed by atoms with Crippen LogP contribution in [-0.4, -0.2) is 58.3 Å². The smallest absolute Gasteiger partial charge is 0.272 e. The number of anilines is 1. The summed E-state index contributed by atoms with van der Waals surface area (Å²) < 4.78 is 21.0. The number of aromatic nitrogens is 3. The van der Waals surface area contributed by atoms with Crippen LogP contribution in [0.3, 0.4) is 0 Å². The number of halogens is 1. The molecular formula is C32H29FN6O3. The number of nitrogens with zero attached hydrogens (tertiary/aromatic N) is 5. The van der Waals surface area contributed by atoms with Gasteiger partial charge in [0, 0.05) is 56.0 Å². The van der Waals surface area contributed by atoms with E-state index in [1.54, 1.807) is 41.4 Å². The van der Waals surface area contributed by atoms with Crippen molar-refractivity contribution in [3.05, 3.63) is 93.3 Å². The predicted octanol–water partition coefficient (Wildman–Crippen LogP) is 4.06. The second-order valence-corrected chi connectivity index (χ2v) is 11.5. The molecule has 212 valence electrons. The minimum atomic E-state index is -0.556. The first-order valence-electron chi connectivity index (χ1n) is 14.3. The lowest BCUT2D eigenvalue weighted by Gasteiger charge is -2.26. The monoisotopic (exact) mass is 564 g/mol. The van der Waals surface area contributed by atoms with Gasteiger partial charge in [0.05, 0.1) is 28.3 Å². The molecule has 0 bridgehead atoms. The quantitative estimate of drug-likeness (QED) is 0.376. The summed E-state index contributed by atoms with van der Waals surface area (Å²) in [7, 11) is 0. The van der Waals surface area contributed by atoms with Crippen LogP contribution in [0.2, 0.25) is 0 Å². The van der Waals surface area contributed by atoms with E-state index in [1.807, 2.05) is 12.1 Å². The third-order valence-corrected chi connectivity index (χ3v) is 8.80. The Labute approximate surface area is 241 Å². The number of nitriles is 1. The summed E-state index contributed by atoms with van der Waals surface area (Å²) >= 11 is 0. The summed E-state index contributed by atoms with van der Waals surface area (Å²) in [6.45, 7) is 2.62. The van der Waals surface area contributed by atoms with Crippen molar-refractivity contribution < 1.29 is 13.9 Å². The lowest BCUT2D eigenvalue weighted by molar-refractivity contribution is 0.0777. The van der Waals surface area contributed by atoms with Crippen molar-refractivity contribution in [3.8, 4) is 11.8 Å². The number of nitrogens with one attached hydrogen (secondary N) is 1. The first kappa shape index (κ1) is 26.1. The van der Waals surface area contributed by atoms with Crippen molar-refractivity contribution >= 4 is 22.5 Å². The van der Waals surface area contributed by atoms with E-state index in [4.69, 9.17) is 10.00 Å². The largest absolute Gasteiger partial charge is 0.490 e. The molecule has 2 aliphatic heterocycles. The summed E-state index contributed by atoms with van der Waals surface area (Å²) in [5, 5.41) is 17.1. The van der Waals surface area contributed by atoms with Gasteiger partial charge < -0.3 is 14.5 Å². The number of benzene rings is 2. The standard InChI is InChI=1S/C32H29FN6O3/c33-28-8-4-19(11-29-26-12-24(42-23-2-1-3-23)6-7-25(26)31(40)37-36-29)10-27(28)32(41)39-17-21-15-38(16-22(21)18-39)30-9-5-20(13-34)14-35-30/h4-10,12,14,21-23H,1-3,11,15-18H2,(H,37,40). The lowest BCUT2D eigenvalue weighted by atomic mass is 9.96. The molecule has 9 nitrogen and oxygen atoms in total. The number of carbonyl (C=O) groups is 1. The highest BCUT2D eigenvalue weighted by atomic mass is 19.1. The predicted molar refractivity (Wildman–Crippen MR) is 154 cm³/mol. The maximum absolute atomic E-state index is 15.0. The fourth-order valence-corrected chi connectivity index (χ4v) is 6.28. The van der Waals surface area contributed by atoms with Crippen LogP contribution in [0.25, 0.3) is 10.8 Å². The van der Waals surface area contributed by atoms with Gasteiger partial charge in [-0.3, -0.25) is 9.59 Å². The number of H-pyrrole nitrogens is 1. The third kappa shape index (κ3) is 4.85. The van der Waals surface area contributed by atoms with Gasteiger partial charge in [0.2, 0.25) is 0 Å². The molecule has 2 atom stereocenters. The number of hydrogen-bond donors (Lipinski definition) is 1. The Morgan fingerprint density at radius 1 is 1.05 bits per heavy atom. The molecule has 2 saturated heterocycles. The minimum absolute atomic E-state index is 0.0424. The molecule has 2 unspecified atom stereocenters. The molecule has 1 N–H and O–H groups in total. The molecule has 4 aromatic rings. The molecular weight excluding hydrogens is 535 g/mol. The Hall–Kier alpha value is -4.78. The first-order chi connectivity index (χ1) is 20.4. The van der Waals surface area contributed by atoms with Gasteiger partial charge >= 0.3 is 0 Å². The minimum Gasteiger partial charge on any atom is -0.490 e. The van der Waals surface area contributed by atoms with E-state index in [1.165, 1.54) is 6.07 Å². The Morgan fingerprint density at radius 3 is 2.55 bits per heavy atom. The van der Waals surface area contributed by atoms with Crippen LogP contribution in [-0.2, 0) is 6.42 Å². The zero-order valence-electron chi connectivity index (χ0n) is 22.9. The molecule has 42 heavy (non-hydrogen) atoms. The van der Waals surface area contributed by atoms with Gasteiger partial charge in [-0.25, -0.2) is 14.5 Å². The van der Waals surface area contributed by atoms with E-state index in [2.05, 4.69) is 26.2 Å². The molecule has 1 saturated carbocycles. The zero-order valence-corrected chi connectivity index (χ0v) is 22.9. The average molecular weight is 565 g/mol. The molecule has 0 radical (unpaired) electrons. The van der Waals surface area contributed by atoms with Crippen LogP contribution < -0.4 is 15.2 Å². The Bertz CT molecular complexity index is 1760. The number of likely N-dealkylation sites (tertiary alicyclic amines) is 1. The Morgan fingerprint density at radius 2 is 1.86 bits per heavy atom. The highest BCUT2D eigenvalue weighted by Gasteiger charge is 2.42. The van der Waals surface area contributed by atoms with Crippen LogP contribution in [0.15, 0.2) is 59.5 Å². The van der Waals surface area contributed by atoms with Crippen molar-refractivity contribution in [3.63, 3.8) is 0 Å². The summed E-state index contributed by atoms with van der Waals surface area (Å²) in [4.78, 5) is 34.3. The van der Waals surface area contributed by atoms with Gasteiger partial charge in [0.1, 0.15) is 23.5 Å². The fourth-order valence-electron chi connectivity index (χ4n) is 6.28. The number of fused-ring (bicyclic) bond motifs is 2. The highest BCUT2D eigenvalue weighted by molar-refractivity contribution is 5.95. The molecule has 2 aromatic carbocycles. The van der Waals surface area contributed by atoms with Crippen LogP contribution in [0.5, 0.6) is 5.75 Å². The lowest BCUT2D eigenvalue weighted by Crippen LogP contribution is -2.34. The van der Waals surface area contributed by atoms with Crippen molar-refractivity contribution in [1.82, 2.24) is 20.1 Å². The van der Waals surface area contributed by atoms with E-state index in [9.17, 15) is 9.59 Å². The summed E-state index contributed by atoms with van der Waals surface area (Å²) in [6.07, 6.45) is 5.30. The number of hydrogen-bond acceptors (Lipinski definition) is 7. The van der Waals surface area contributed by atoms with Crippen molar-refractivity contribution in [2.75, 3.05) is 31.1 Å². The van der Waals surface area contributed by atoms with Gasteiger partial charge in [-0.05, 0) is 67.3 Å². The summed E-state index contributed by atoms with van der Waals surface area (Å²) in [5.41, 5.74) is 1.63. The van der Waals surface area contributed by atoms with Crippen molar-refractivity contribution in [1.29, 1.82) is 5.26 Å². The van der Waals surface area contributed by atoms with Crippen LogP contribution in [0.4, 0.5) is 10.2 Å². The molecule has 1 aliphatic carbocycles. The molecule has 3 aliphatic rings. The van der Waals surface area contributed by atoms with Gasteiger partial charge in [0.25, 0.3) is 11.5 Å². The summed E-state index contributed by atoms with van der Waals surface area (Å²) in [5.74, 6) is 1.19. The first-order valence-corrected chi connectivity index (χ1v) is 14.3. The third-order valence-electron chi connectivity index (χ3n) is 8.80. The van der Waals surface area contributed by atoms with Gasteiger partial charge in [-0.15, -0.1) is 0 Å². The SMILES string of the molecule is N#Cc1ccc(N2CC3CN(C(=O)c4cc(Cc5n[nH]c(=O)c6ccc(OC7CCC7)cc56)ccc4F)CC3C2)nc1. The van der Waals surface area contributed by atoms with Crippen molar-refractivity contribution in [2.24, 2.45) is 11.8 Å². The summed E-state index contributed by atoms with van der Waals surface area (Å²) in [6, 6.07) is 15.7. The number of ether oxygens (including phenoxy) is 1. The Kier molecular flexibility index (Phi) is 6.57. The number of amides is 1. The molecule has 7 rings (SSSR count). The van der Waals surface area contributed by atoms with E-state index in [-0.39, 0.29) is 35.0 Å². The molecule has 4 heterocycles. The Balaban J connectivity index is 1.07. The van der Waals surface area contributed by atoms with E-state index < -0.39 is 5.82 Å². The number of pyridine rings is 1. The normalized spacial score (nSPS) is 19.9. The van der Waals surface area contributed by atoms with E-state index in [0.717, 1.165) is 43.7 Å². The molecule has 0 spiro atoms. The second-order valence-electron chi connectivity index (χ2n) is 11.5. The van der Waals surface area contributed by atoms with Crippen molar-refractivity contribution in [2.45, 2.75) is 31.8 Å². The maximum atomic E-state index is 15.0. The van der Waals surface area contributed by atoms with E-state index in [0.29, 0.717) is 47.3 Å². The zero-order chi connectivity index (χ0) is 28.8. The van der Waals surface area contributed by atoms with E-state index >= 15 is 4.39 Å². The topological polar surface area (TPSA) is 115 Å². The molecule has 3 fully saturated rings. The maximum Gasteiger partial charge on any atom is 0.272 e. The molecule has 1 amide bonds. The molecule has 2 aromatic heterocycles. The van der Waals surface area contributed by atoms with Gasteiger partial charge in [-0.2, -0.15) is 10.4 Å². The number of carbonyl (C=O) groups excluding carboxylic acids is 1. The fraction of sp³-hybridized carbons (Fsp3) is 0.344. The van der Waals surface area contributed by atoms with Crippen LogP contribution >= 0.6 is 0 Å². The van der Waals surface area contributed by atoms with Gasteiger partial charge in [-0.1, -0.05) is 6.07 Å².